The van der Waals surface area contributed by atoms with Gasteiger partial charge in [0.05, 0.1) is 21.6 Å². The lowest BCUT2D eigenvalue weighted by molar-refractivity contribution is -0.384. The number of rotatable bonds is 6. The van der Waals surface area contributed by atoms with Gasteiger partial charge in [-0.1, -0.05) is 17.7 Å². The summed E-state index contributed by atoms with van der Waals surface area (Å²) in [6.45, 7) is 0.416. The molecule has 0 radical (unpaired) electrons. The number of halogens is 1. The van der Waals surface area contributed by atoms with Crippen LogP contribution in [0.15, 0.2) is 35.7 Å². The molecule has 0 spiro atoms. The first kappa shape index (κ1) is 17.4. The highest BCUT2D eigenvalue weighted by molar-refractivity contribution is 7.10. The van der Waals surface area contributed by atoms with E-state index in [-0.39, 0.29) is 28.2 Å². The molecule has 122 valence electrons. The predicted molar refractivity (Wildman–Crippen MR) is 91.2 cm³/mol. The van der Waals surface area contributed by atoms with Crippen LogP contribution in [0, 0.1) is 10.1 Å². The van der Waals surface area contributed by atoms with Crippen LogP contribution in [0.3, 0.4) is 0 Å². The number of likely N-dealkylation sites (N-methyl/N-ethyl adjacent to an activating group) is 1. The average Bonchev–Trinajstić information content (AvgIpc) is 3.00. The Kier molecular flexibility index (Phi) is 5.70. The van der Waals surface area contributed by atoms with Crippen LogP contribution in [0.1, 0.15) is 21.3 Å². The zero-order valence-corrected chi connectivity index (χ0v) is 14.2. The molecule has 1 atom stereocenters. The Morgan fingerprint density at radius 3 is 2.70 bits per heavy atom. The molecule has 0 unspecified atom stereocenters. The lowest BCUT2D eigenvalue weighted by Crippen LogP contribution is -2.34. The normalized spacial score (nSPS) is 12.2. The van der Waals surface area contributed by atoms with E-state index in [2.05, 4.69) is 5.32 Å². The number of thiophene rings is 1. The van der Waals surface area contributed by atoms with Crippen molar-refractivity contribution < 1.29 is 9.72 Å². The highest BCUT2D eigenvalue weighted by Gasteiger charge is 2.19. The molecule has 1 aromatic carbocycles. The summed E-state index contributed by atoms with van der Waals surface area (Å²) in [6, 6.07) is 7.84. The number of amides is 1. The molecule has 8 heteroatoms. The molecule has 0 fully saturated rings. The summed E-state index contributed by atoms with van der Waals surface area (Å²) >= 11 is 7.59. The number of nitrogens with one attached hydrogen (secondary N) is 1. The molecule has 6 nitrogen and oxygen atoms in total. The standard InChI is InChI=1S/C15H16ClN3O3S/c1-18(2)13(14-4-3-7-23-14)9-17-15(20)11-6-5-10(19(21)22)8-12(11)16/h3-8,13H,9H2,1-2H3,(H,17,20)/t13-/m1/s1. The van der Waals surface area contributed by atoms with E-state index in [1.54, 1.807) is 11.3 Å². The maximum atomic E-state index is 12.3. The maximum absolute atomic E-state index is 12.3. The van der Waals surface area contributed by atoms with E-state index in [0.717, 1.165) is 4.88 Å². The van der Waals surface area contributed by atoms with Gasteiger partial charge < -0.3 is 10.2 Å². The van der Waals surface area contributed by atoms with E-state index in [0.29, 0.717) is 6.54 Å². The number of hydrogen-bond acceptors (Lipinski definition) is 5. The Hall–Kier alpha value is -1.96. The third-order valence-electron chi connectivity index (χ3n) is 3.36. The molecular weight excluding hydrogens is 338 g/mol. The monoisotopic (exact) mass is 353 g/mol. The summed E-state index contributed by atoms with van der Waals surface area (Å²) in [6.07, 6.45) is 0. The van der Waals surface area contributed by atoms with Crippen molar-refractivity contribution >= 4 is 34.5 Å². The van der Waals surface area contributed by atoms with Crippen LogP contribution >= 0.6 is 22.9 Å². The first-order valence-corrected chi connectivity index (χ1v) is 8.08. The number of nitro benzene ring substituents is 1. The summed E-state index contributed by atoms with van der Waals surface area (Å²) < 4.78 is 0. The van der Waals surface area contributed by atoms with Crippen molar-refractivity contribution in [1.82, 2.24) is 10.2 Å². The zero-order valence-electron chi connectivity index (χ0n) is 12.7. The van der Waals surface area contributed by atoms with Crippen molar-refractivity contribution in [3.8, 4) is 0 Å². The molecule has 0 aliphatic heterocycles. The molecule has 1 amide bonds. The number of carbonyl (C=O) groups excluding carboxylic acids is 1. The highest BCUT2D eigenvalue weighted by Crippen LogP contribution is 2.24. The van der Waals surface area contributed by atoms with Gasteiger partial charge in [0, 0.05) is 23.6 Å². The van der Waals surface area contributed by atoms with E-state index < -0.39 is 4.92 Å². The minimum atomic E-state index is -0.549. The number of carbonyl (C=O) groups is 1. The Balaban J connectivity index is 2.08. The van der Waals surface area contributed by atoms with Gasteiger partial charge in [-0.25, -0.2) is 0 Å². The second kappa shape index (κ2) is 7.54. The molecule has 2 rings (SSSR count). The Morgan fingerprint density at radius 1 is 1.43 bits per heavy atom. The second-order valence-corrected chi connectivity index (χ2v) is 6.51. The van der Waals surface area contributed by atoms with Crippen LogP contribution in [0.5, 0.6) is 0 Å². The van der Waals surface area contributed by atoms with Crippen molar-refractivity contribution in [3.05, 3.63) is 61.3 Å². The van der Waals surface area contributed by atoms with Gasteiger partial charge in [-0.3, -0.25) is 14.9 Å². The van der Waals surface area contributed by atoms with Gasteiger partial charge in [0.25, 0.3) is 11.6 Å². The SMILES string of the molecule is CN(C)[C@H](CNC(=O)c1ccc([N+](=O)[O-])cc1Cl)c1cccs1. The van der Waals surface area contributed by atoms with Crippen LogP contribution in [-0.4, -0.2) is 36.4 Å². The van der Waals surface area contributed by atoms with Gasteiger partial charge in [0.1, 0.15) is 0 Å². The van der Waals surface area contributed by atoms with Crippen LogP contribution in [0.25, 0.3) is 0 Å². The van der Waals surface area contributed by atoms with Gasteiger partial charge in [0.15, 0.2) is 0 Å². The fourth-order valence-electron chi connectivity index (χ4n) is 2.10. The van der Waals surface area contributed by atoms with Crippen molar-refractivity contribution in [1.29, 1.82) is 0 Å². The molecule has 1 aromatic heterocycles. The summed E-state index contributed by atoms with van der Waals surface area (Å²) in [7, 11) is 3.88. The van der Waals surface area contributed by atoms with Crippen LogP contribution < -0.4 is 5.32 Å². The smallest absolute Gasteiger partial charge is 0.270 e. The average molecular weight is 354 g/mol. The third-order valence-corrected chi connectivity index (χ3v) is 4.65. The lowest BCUT2D eigenvalue weighted by atomic mass is 10.1. The fourth-order valence-corrected chi connectivity index (χ4v) is 3.29. The van der Waals surface area contributed by atoms with Gasteiger partial charge >= 0.3 is 0 Å². The van der Waals surface area contributed by atoms with E-state index >= 15 is 0 Å². The summed E-state index contributed by atoms with van der Waals surface area (Å²) in [5.74, 6) is -0.353. The van der Waals surface area contributed by atoms with Gasteiger partial charge in [-0.05, 0) is 31.6 Å². The molecule has 0 saturated carbocycles. The number of nitro groups is 1. The van der Waals surface area contributed by atoms with Crippen LogP contribution in [0.2, 0.25) is 5.02 Å². The predicted octanol–water partition coefficient (Wildman–Crippen LogP) is 3.34. The number of benzene rings is 1. The summed E-state index contributed by atoms with van der Waals surface area (Å²) in [4.78, 5) is 25.6. The molecule has 2 aromatic rings. The molecule has 1 N–H and O–H groups in total. The van der Waals surface area contributed by atoms with Crippen molar-refractivity contribution in [2.45, 2.75) is 6.04 Å². The Bertz CT molecular complexity index is 704. The van der Waals surface area contributed by atoms with Crippen molar-refractivity contribution in [3.63, 3.8) is 0 Å². The van der Waals surface area contributed by atoms with Crippen LogP contribution in [0.4, 0.5) is 5.69 Å². The maximum Gasteiger partial charge on any atom is 0.270 e. The van der Waals surface area contributed by atoms with E-state index in [9.17, 15) is 14.9 Å². The molecule has 0 saturated heterocycles. The molecule has 0 aliphatic carbocycles. The molecule has 0 aliphatic rings. The topological polar surface area (TPSA) is 75.5 Å². The Labute approximate surface area is 142 Å². The van der Waals surface area contributed by atoms with E-state index in [1.807, 2.05) is 36.5 Å². The van der Waals surface area contributed by atoms with Gasteiger partial charge in [0.2, 0.25) is 0 Å². The molecule has 0 bridgehead atoms. The lowest BCUT2D eigenvalue weighted by Gasteiger charge is -2.23. The second-order valence-electron chi connectivity index (χ2n) is 5.13. The van der Waals surface area contributed by atoms with Crippen LogP contribution in [-0.2, 0) is 0 Å². The quantitative estimate of drug-likeness (QED) is 0.638. The molecule has 23 heavy (non-hydrogen) atoms. The molecule has 1 heterocycles. The van der Waals surface area contributed by atoms with Gasteiger partial charge in [-0.2, -0.15) is 0 Å². The number of non-ortho nitro benzene ring substituents is 1. The summed E-state index contributed by atoms with van der Waals surface area (Å²) in [5, 5.41) is 15.6. The van der Waals surface area contributed by atoms with E-state index in [1.165, 1.54) is 18.2 Å². The minimum absolute atomic E-state index is 0.0516. The zero-order chi connectivity index (χ0) is 17.0. The van der Waals surface area contributed by atoms with Gasteiger partial charge in [-0.15, -0.1) is 11.3 Å². The first-order chi connectivity index (χ1) is 10.9. The van der Waals surface area contributed by atoms with E-state index in [4.69, 9.17) is 11.6 Å². The van der Waals surface area contributed by atoms with Crippen molar-refractivity contribution in [2.75, 3.05) is 20.6 Å². The largest absolute Gasteiger partial charge is 0.350 e. The third kappa shape index (κ3) is 4.28. The summed E-state index contributed by atoms with van der Waals surface area (Å²) in [5.41, 5.74) is 0.0808. The number of hydrogen-bond donors (Lipinski definition) is 1. The van der Waals surface area contributed by atoms with Crippen molar-refractivity contribution in [2.24, 2.45) is 0 Å². The number of nitrogens with zero attached hydrogens (tertiary/aromatic N) is 2. The fraction of sp³-hybridized carbons (Fsp3) is 0.267. The first-order valence-electron chi connectivity index (χ1n) is 6.82. The Morgan fingerprint density at radius 2 is 2.17 bits per heavy atom. The highest BCUT2D eigenvalue weighted by atomic mass is 35.5. The molecular formula is C15H16ClN3O3S. The minimum Gasteiger partial charge on any atom is -0.350 e.